The Labute approximate surface area is 176 Å². The summed E-state index contributed by atoms with van der Waals surface area (Å²) in [6.45, 7) is 5.37. The Morgan fingerprint density at radius 3 is 2.43 bits per heavy atom. The van der Waals surface area contributed by atoms with Crippen molar-refractivity contribution in [3.8, 4) is 11.1 Å². The van der Waals surface area contributed by atoms with Crippen molar-refractivity contribution >= 4 is 16.9 Å². The lowest BCUT2D eigenvalue weighted by Crippen LogP contribution is -2.12. The van der Waals surface area contributed by atoms with Crippen LogP contribution in [0, 0.1) is 6.92 Å². The van der Waals surface area contributed by atoms with Gasteiger partial charge in [-0.05, 0) is 60.4 Å². The van der Waals surface area contributed by atoms with E-state index in [4.69, 9.17) is 10.5 Å². The summed E-state index contributed by atoms with van der Waals surface area (Å²) in [4.78, 5) is 12.7. The number of benzene rings is 3. The molecule has 1 aromatic heterocycles. The predicted molar refractivity (Wildman–Crippen MR) is 122 cm³/mol. The molecule has 0 bridgehead atoms. The molecule has 0 spiro atoms. The fraction of sp³-hybridized carbons (Fsp3) is 0.192. The number of carbonyl (C=O) groups is 1. The number of aromatic nitrogens is 1. The Balaban J connectivity index is 1.80. The van der Waals surface area contributed by atoms with Crippen molar-refractivity contribution in [3.63, 3.8) is 0 Å². The average molecular weight is 399 g/mol. The minimum absolute atomic E-state index is 0.299. The summed E-state index contributed by atoms with van der Waals surface area (Å²) >= 11 is 0. The number of ether oxygens (including phenoxy) is 1. The van der Waals surface area contributed by atoms with E-state index in [9.17, 15) is 4.79 Å². The van der Waals surface area contributed by atoms with Crippen LogP contribution in [0.15, 0.2) is 72.8 Å². The van der Waals surface area contributed by atoms with Crippen LogP contribution in [0.25, 0.3) is 22.0 Å². The van der Waals surface area contributed by atoms with Crippen LogP contribution >= 0.6 is 0 Å². The summed E-state index contributed by atoms with van der Waals surface area (Å²) in [5.74, 6) is -0.299. The molecule has 4 heteroatoms. The quantitative estimate of drug-likeness (QED) is 0.448. The number of nitrogens with zero attached hydrogens (tertiary/aromatic N) is 1. The second-order valence-electron chi connectivity index (χ2n) is 7.50. The third kappa shape index (κ3) is 4.00. The topological polar surface area (TPSA) is 57.2 Å². The van der Waals surface area contributed by atoms with Crippen molar-refractivity contribution < 1.29 is 9.53 Å². The van der Waals surface area contributed by atoms with E-state index in [1.54, 1.807) is 0 Å². The zero-order valence-electron chi connectivity index (χ0n) is 17.4. The lowest BCUT2D eigenvalue weighted by molar-refractivity contribution is 0.0515. The van der Waals surface area contributed by atoms with Crippen molar-refractivity contribution in [2.24, 2.45) is 5.73 Å². The number of rotatable bonds is 6. The Bertz CT molecular complexity index is 1190. The summed E-state index contributed by atoms with van der Waals surface area (Å²) in [6.07, 6.45) is 0. The van der Waals surface area contributed by atoms with Gasteiger partial charge >= 0.3 is 5.97 Å². The Kier molecular flexibility index (Phi) is 5.68. The van der Waals surface area contributed by atoms with Gasteiger partial charge < -0.3 is 15.0 Å². The zero-order chi connectivity index (χ0) is 21.1. The predicted octanol–water partition coefficient (Wildman–Crippen LogP) is 5.30. The first-order chi connectivity index (χ1) is 14.6. The second kappa shape index (κ2) is 8.56. The molecular formula is C26H26N2O2. The van der Waals surface area contributed by atoms with Crippen molar-refractivity contribution in [1.82, 2.24) is 4.57 Å². The van der Waals surface area contributed by atoms with Gasteiger partial charge in [0.15, 0.2) is 0 Å². The fourth-order valence-electron chi connectivity index (χ4n) is 3.75. The molecule has 4 aromatic rings. The molecule has 0 aliphatic heterocycles. The van der Waals surface area contributed by atoms with E-state index in [2.05, 4.69) is 61.5 Å². The second-order valence-corrected chi connectivity index (χ2v) is 7.50. The summed E-state index contributed by atoms with van der Waals surface area (Å²) in [5, 5.41) is 1.01. The van der Waals surface area contributed by atoms with E-state index < -0.39 is 0 Å². The number of aryl methyl sites for hydroxylation is 1. The minimum atomic E-state index is -0.299. The monoisotopic (exact) mass is 398 g/mol. The maximum Gasteiger partial charge on any atom is 0.354 e. The van der Waals surface area contributed by atoms with Gasteiger partial charge in [0.1, 0.15) is 5.69 Å². The molecule has 0 aliphatic carbocycles. The van der Waals surface area contributed by atoms with E-state index in [1.807, 2.05) is 29.7 Å². The van der Waals surface area contributed by atoms with Gasteiger partial charge in [0, 0.05) is 24.0 Å². The molecule has 0 atom stereocenters. The maximum atomic E-state index is 12.7. The fourth-order valence-corrected chi connectivity index (χ4v) is 3.75. The number of hydrogen-bond acceptors (Lipinski definition) is 3. The van der Waals surface area contributed by atoms with Gasteiger partial charge in [-0.15, -0.1) is 0 Å². The standard InChI is InChI=1S/C26H26N2O2/c1-3-30-26(29)25-15-23-14-22(21-6-4-5-20(13-21)16-27)11-12-24(23)28(25)17-19-9-7-18(2)8-10-19/h4-15H,3,16-17,27H2,1-2H3. The first-order valence-corrected chi connectivity index (χ1v) is 10.2. The molecule has 0 saturated carbocycles. The van der Waals surface area contributed by atoms with Gasteiger partial charge in [-0.1, -0.05) is 54.1 Å². The molecule has 4 rings (SSSR count). The largest absolute Gasteiger partial charge is 0.461 e. The summed E-state index contributed by atoms with van der Waals surface area (Å²) < 4.78 is 7.37. The molecule has 1 heterocycles. The minimum Gasteiger partial charge on any atom is -0.461 e. The lowest BCUT2D eigenvalue weighted by Gasteiger charge is -2.11. The van der Waals surface area contributed by atoms with E-state index in [0.717, 1.165) is 33.2 Å². The van der Waals surface area contributed by atoms with E-state index >= 15 is 0 Å². The third-order valence-corrected chi connectivity index (χ3v) is 5.34. The van der Waals surface area contributed by atoms with Gasteiger partial charge in [-0.25, -0.2) is 4.79 Å². The summed E-state index contributed by atoms with van der Waals surface area (Å²) in [7, 11) is 0. The summed E-state index contributed by atoms with van der Waals surface area (Å²) in [5.41, 5.74) is 13.0. The van der Waals surface area contributed by atoms with Gasteiger partial charge in [0.25, 0.3) is 0 Å². The van der Waals surface area contributed by atoms with E-state index in [1.165, 1.54) is 5.56 Å². The van der Waals surface area contributed by atoms with Crippen LogP contribution in [-0.2, 0) is 17.8 Å². The Hall–Kier alpha value is -3.37. The highest BCUT2D eigenvalue weighted by Gasteiger charge is 2.17. The van der Waals surface area contributed by atoms with Crippen molar-refractivity contribution in [1.29, 1.82) is 0 Å². The van der Waals surface area contributed by atoms with E-state index in [-0.39, 0.29) is 5.97 Å². The van der Waals surface area contributed by atoms with Crippen LogP contribution in [0.2, 0.25) is 0 Å². The molecule has 30 heavy (non-hydrogen) atoms. The van der Waals surface area contributed by atoms with Crippen LogP contribution in [-0.4, -0.2) is 17.1 Å². The highest BCUT2D eigenvalue weighted by atomic mass is 16.5. The molecule has 0 radical (unpaired) electrons. The Morgan fingerprint density at radius 1 is 0.933 bits per heavy atom. The average Bonchev–Trinajstić information content (AvgIpc) is 3.13. The van der Waals surface area contributed by atoms with Gasteiger partial charge in [-0.2, -0.15) is 0 Å². The number of nitrogens with two attached hydrogens (primary N) is 1. The lowest BCUT2D eigenvalue weighted by atomic mass is 10.0. The first kappa shape index (κ1) is 19.9. The first-order valence-electron chi connectivity index (χ1n) is 10.2. The number of carbonyl (C=O) groups excluding carboxylic acids is 1. The van der Waals surface area contributed by atoms with Crippen molar-refractivity contribution in [2.75, 3.05) is 6.61 Å². The highest BCUT2D eigenvalue weighted by molar-refractivity contribution is 5.97. The van der Waals surface area contributed by atoms with Crippen LogP contribution in [0.1, 0.15) is 34.1 Å². The number of fused-ring (bicyclic) bond motifs is 1. The molecule has 3 aromatic carbocycles. The highest BCUT2D eigenvalue weighted by Crippen LogP contribution is 2.28. The third-order valence-electron chi connectivity index (χ3n) is 5.34. The molecule has 4 nitrogen and oxygen atoms in total. The molecule has 0 amide bonds. The van der Waals surface area contributed by atoms with Crippen LogP contribution in [0.4, 0.5) is 0 Å². The molecule has 0 aliphatic rings. The Morgan fingerprint density at radius 2 is 1.70 bits per heavy atom. The van der Waals surface area contributed by atoms with E-state index in [0.29, 0.717) is 25.4 Å². The molecule has 152 valence electrons. The van der Waals surface area contributed by atoms with Crippen molar-refractivity contribution in [3.05, 3.63) is 95.2 Å². The SMILES string of the molecule is CCOC(=O)c1cc2cc(-c3cccc(CN)c3)ccc2n1Cc1ccc(C)cc1. The van der Waals surface area contributed by atoms with Gasteiger partial charge in [-0.3, -0.25) is 0 Å². The summed E-state index contributed by atoms with van der Waals surface area (Å²) in [6, 6.07) is 24.8. The van der Waals surface area contributed by atoms with Crippen LogP contribution < -0.4 is 5.73 Å². The number of esters is 1. The number of hydrogen-bond donors (Lipinski definition) is 1. The molecule has 0 fully saturated rings. The van der Waals surface area contributed by atoms with Crippen LogP contribution in [0.5, 0.6) is 0 Å². The van der Waals surface area contributed by atoms with Crippen LogP contribution in [0.3, 0.4) is 0 Å². The molecule has 0 saturated heterocycles. The normalized spacial score (nSPS) is 11.0. The van der Waals surface area contributed by atoms with Crippen molar-refractivity contribution in [2.45, 2.75) is 26.9 Å². The molecular weight excluding hydrogens is 372 g/mol. The van der Waals surface area contributed by atoms with Gasteiger partial charge in [0.2, 0.25) is 0 Å². The van der Waals surface area contributed by atoms with Gasteiger partial charge in [0.05, 0.1) is 6.61 Å². The maximum absolute atomic E-state index is 12.7. The molecule has 0 unspecified atom stereocenters. The smallest absolute Gasteiger partial charge is 0.354 e. The zero-order valence-corrected chi connectivity index (χ0v) is 17.4. The molecule has 2 N–H and O–H groups in total.